The van der Waals surface area contributed by atoms with Gasteiger partial charge < -0.3 is 0 Å². The first kappa shape index (κ1) is 27.0. The van der Waals surface area contributed by atoms with E-state index in [2.05, 4.69) is 53.0 Å². The summed E-state index contributed by atoms with van der Waals surface area (Å²) in [4.78, 5) is 24.6. The molecule has 0 saturated heterocycles. The number of rotatable bonds is 16. The molecule has 0 fully saturated rings. The lowest BCUT2D eigenvalue weighted by Gasteiger charge is -2.36. The first-order valence-corrected chi connectivity index (χ1v) is 11.8. The van der Waals surface area contributed by atoms with E-state index in [0.29, 0.717) is 6.42 Å². The molecule has 2 unspecified atom stereocenters. The molecule has 0 amide bonds. The van der Waals surface area contributed by atoms with Crippen LogP contribution in [0.3, 0.4) is 0 Å². The molecule has 0 bridgehead atoms. The van der Waals surface area contributed by atoms with Gasteiger partial charge in [-0.3, -0.25) is 9.59 Å². The third kappa shape index (κ3) is 11.6. The molecule has 0 aromatic heterocycles. The summed E-state index contributed by atoms with van der Waals surface area (Å²) in [5.41, 5.74) is -1.10. The second-order valence-electron chi connectivity index (χ2n) is 9.89. The Balaban J connectivity index is 4.74. The van der Waals surface area contributed by atoms with Crippen molar-refractivity contribution in [3.05, 3.63) is 0 Å². The van der Waals surface area contributed by atoms with Gasteiger partial charge in [-0.25, -0.2) is 0 Å². The van der Waals surface area contributed by atoms with Gasteiger partial charge in [0.25, 0.3) is 0 Å². The predicted molar refractivity (Wildman–Crippen MR) is 125 cm³/mol. The molecule has 160 valence electrons. The topological polar surface area (TPSA) is 34.1 Å². The van der Waals surface area contributed by atoms with Gasteiger partial charge in [0, 0.05) is 10.8 Å². The van der Waals surface area contributed by atoms with E-state index >= 15 is 0 Å². The zero-order valence-corrected chi connectivity index (χ0v) is 20.4. The summed E-state index contributed by atoms with van der Waals surface area (Å²) in [5, 5.41) is -0.182. The molecule has 0 saturated carbocycles. The largest absolute Gasteiger partial charge is 0.287 e. The van der Waals surface area contributed by atoms with Gasteiger partial charge in [0.2, 0.25) is 0 Å². The lowest BCUT2D eigenvalue weighted by Crippen LogP contribution is -2.36. The van der Waals surface area contributed by atoms with E-state index in [1.165, 1.54) is 25.7 Å². The Kier molecular flexibility index (Phi) is 13.3. The lowest BCUT2D eigenvalue weighted by atomic mass is 9.69. The van der Waals surface area contributed by atoms with E-state index in [-0.39, 0.29) is 10.2 Å². The van der Waals surface area contributed by atoms with Crippen LogP contribution in [-0.2, 0) is 9.59 Å². The monoisotopic (exact) mass is 416 g/mol. The molecular formula is C23H44O2S2. The smallest absolute Gasteiger partial charge is 0.191 e. The van der Waals surface area contributed by atoms with E-state index in [0.717, 1.165) is 50.4 Å². The molecule has 0 rings (SSSR count). The molecule has 0 N–H and O–H groups in total. The summed E-state index contributed by atoms with van der Waals surface area (Å²) < 4.78 is 0. The quantitative estimate of drug-likeness (QED) is 0.201. The highest BCUT2D eigenvalue weighted by molar-refractivity contribution is 7.97. The van der Waals surface area contributed by atoms with Crippen LogP contribution in [0.5, 0.6) is 0 Å². The third-order valence-electron chi connectivity index (χ3n) is 5.83. The Labute approximate surface area is 179 Å². The van der Waals surface area contributed by atoms with Gasteiger partial charge in [-0.2, -0.15) is 0 Å². The molecule has 0 aliphatic heterocycles. The molecule has 0 aromatic rings. The van der Waals surface area contributed by atoms with Crippen molar-refractivity contribution in [1.29, 1.82) is 0 Å². The maximum absolute atomic E-state index is 12.3. The number of carbonyl (C=O) groups excluding carboxylic acids is 2. The van der Waals surface area contributed by atoms with Gasteiger partial charge in [-0.15, -0.1) is 25.3 Å². The number of hydrogen-bond donors (Lipinski definition) is 2. The van der Waals surface area contributed by atoms with Crippen LogP contribution < -0.4 is 0 Å². The summed E-state index contributed by atoms with van der Waals surface area (Å²) in [6.45, 7) is 12.9. The standard InChI is InChI=1S/C23H44O2S2/c1-18(2)13-9-7-11-15-22(5,20(24)26)17-23(6,21(25)27)16-12-8-10-14-19(3)4/h18-19H,7-17H2,1-6H3,(H,24,26)(H,25,27). The highest BCUT2D eigenvalue weighted by Gasteiger charge is 2.41. The second-order valence-corrected chi connectivity index (χ2v) is 10.7. The van der Waals surface area contributed by atoms with Gasteiger partial charge in [0.15, 0.2) is 10.2 Å². The van der Waals surface area contributed by atoms with Gasteiger partial charge in [0.1, 0.15) is 0 Å². The van der Waals surface area contributed by atoms with Crippen LogP contribution in [-0.4, -0.2) is 10.2 Å². The van der Waals surface area contributed by atoms with E-state index in [1.807, 2.05) is 13.8 Å². The fraction of sp³-hybridized carbons (Fsp3) is 0.913. The minimum Gasteiger partial charge on any atom is -0.287 e. The summed E-state index contributed by atoms with van der Waals surface area (Å²) in [6.07, 6.45) is 11.3. The molecule has 4 heteroatoms. The van der Waals surface area contributed by atoms with Crippen molar-refractivity contribution in [3.63, 3.8) is 0 Å². The van der Waals surface area contributed by atoms with Gasteiger partial charge in [-0.1, -0.05) is 92.9 Å². The fourth-order valence-corrected chi connectivity index (χ4v) is 4.27. The van der Waals surface area contributed by atoms with E-state index in [1.54, 1.807) is 0 Å². The second kappa shape index (κ2) is 13.3. The first-order valence-electron chi connectivity index (χ1n) is 10.9. The van der Waals surface area contributed by atoms with Crippen molar-refractivity contribution >= 4 is 35.5 Å². The summed E-state index contributed by atoms with van der Waals surface area (Å²) in [7, 11) is 0. The Morgan fingerprint density at radius 3 is 1.26 bits per heavy atom. The number of unbranched alkanes of at least 4 members (excludes halogenated alkanes) is 4. The Bertz CT molecular complexity index is 408. The number of hydrogen-bond acceptors (Lipinski definition) is 2. The highest BCUT2D eigenvalue weighted by Crippen LogP contribution is 2.44. The maximum atomic E-state index is 12.3. The molecule has 0 radical (unpaired) electrons. The van der Waals surface area contributed by atoms with Gasteiger partial charge in [-0.05, 0) is 31.1 Å². The highest BCUT2D eigenvalue weighted by atomic mass is 32.1. The summed E-state index contributed by atoms with van der Waals surface area (Å²) in [6, 6.07) is 0. The molecule has 0 spiro atoms. The molecule has 0 heterocycles. The van der Waals surface area contributed by atoms with Crippen molar-refractivity contribution in [1.82, 2.24) is 0 Å². The number of thiol groups is 2. The van der Waals surface area contributed by atoms with Crippen molar-refractivity contribution < 1.29 is 9.59 Å². The fourth-order valence-electron chi connectivity index (χ4n) is 3.89. The van der Waals surface area contributed by atoms with Crippen LogP contribution in [0.4, 0.5) is 0 Å². The zero-order chi connectivity index (χ0) is 21.1. The van der Waals surface area contributed by atoms with Crippen LogP contribution >= 0.6 is 25.3 Å². The normalized spacial score (nSPS) is 16.4. The third-order valence-corrected chi connectivity index (χ3v) is 6.91. The minimum atomic E-state index is -0.550. The van der Waals surface area contributed by atoms with Gasteiger partial charge >= 0.3 is 0 Å². The Morgan fingerprint density at radius 1 is 0.667 bits per heavy atom. The van der Waals surface area contributed by atoms with Crippen LogP contribution in [0.25, 0.3) is 0 Å². The van der Waals surface area contributed by atoms with Crippen molar-refractivity contribution in [2.24, 2.45) is 22.7 Å². The zero-order valence-electron chi connectivity index (χ0n) is 18.6. The first-order chi connectivity index (χ1) is 12.4. The molecule has 2 nitrogen and oxygen atoms in total. The van der Waals surface area contributed by atoms with Crippen LogP contribution in [0.2, 0.25) is 0 Å². The predicted octanol–water partition coefficient (Wildman–Crippen LogP) is 7.51. The lowest BCUT2D eigenvalue weighted by molar-refractivity contribution is -0.126. The summed E-state index contributed by atoms with van der Waals surface area (Å²) >= 11 is 8.38. The van der Waals surface area contributed by atoms with Crippen LogP contribution in [0.1, 0.15) is 112 Å². The molecule has 27 heavy (non-hydrogen) atoms. The molecule has 0 aliphatic rings. The Morgan fingerprint density at radius 2 is 1.00 bits per heavy atom. The average Bonchev–Trinajstić information content (AvgIpc) is 2.53. The Hall–Kier alpha value is 0.0400. The summed E-state index contributed by atoms with van der Waals surface area (Å²) in [5.74, 6) is 1.45. The molecule has 2 atom stereocenters. The van der Waals surface area contributed by atoms with Crippen molar-refractivity contribution in [2.75, 3.05) is 0 Å². The molecule has 0 aromatic carbocycles. The van der Waals surface area contributed by atoms with Crippen molar-refractivity contribution in [2.45, 2.75) is 112 Å². The number of carbonyl (C=O) groups is 2. The van der Waals surface area contributed by atoms with E-state index < -0.39 is 10.8 Å². The molecule has 0 aliphatic carbocycles. The van der Waals surface area contributed by atoms with Crippen LogP contribution in [0, 0.1) is 22.7 Å². The van der Waals surface area contributed by atoms with E-state index in [9.17, 15) is 9.59 Å². The molecular weight excluding hydrogens is 372 g/mol. The minimum absolute atomic E-state index is 0.0908. The maximum Gasteiger partial charge on any atom is 0.191 e. The SMILES string of the molecule is CC(C)CCCCCC(C)(CC(C)(CCCCCC(C)C)C(=O)S)C(=O)S. The van der Waals surface area contributed by atoms with Crippen molar-refractivity contribution in [3.8, 4) is 0 Å². The van der Waals surface area contributed by atoms with Gasteiger partial charge in [0.05, 0.1) is 0 Å². The van der Waals surface area contributed by atoms with E-state index in [4.69, 9.17) is 0 Å². The average molecular weight is 417 g/mol. The van der Waals surface area contributed by atoms with Crippen LogP contribution in [0.15, 0.2) is 0 Å².